The van der Waals surface area contributed by atoms with E-state index in [1.54, 1.807) is 18.2 Å². The van der Waals surface area contributed by atoms with Crippen LogP contribution in [0.15, 0.2) is 67.0 Å². The van der Waals surface area contributed by atoms with Crippen LogP contribution in [-0.2, 0) is 0 Å². The molecule has 0 aliphatic rings. The summed E-state index contributed by atoms with van der Waals surface area (Å²) in [5, 5.41) is 16.6. The Bertz CT molecular complexity index is 934. The van der Waals surface area contributed by atoms with Crippen LogP contribution in [0.1, 0.15) is 15.9 Å². The van der Waals surface area contributed by atoms with E-state index in [9.17, 15) is 14.9 Å². The van der Waals surface area contributed by atoms with Gasteiger partial charge in [-0.25, -0.2) is 0 Å². The third kappa shape index (κ3) is 4.52. The molecule has 27 heavy (non-hydrogen) atoms. The van der Waals surface area contributed by atoms with Crippen molar-refractivity contribution in [3.8, 4) is 5.69 Å². The number of nitrogens with one attached hydrogen (secondary N) is 2. The molecular weight excluding hydrogens is 344 g/mol. The van der Waals surface area contributed by atoms with Gasteiger partial charge in [0.25, 0.3) is 11.6 Å². The molecule has 0 aliphatic carbocycles. The smallest absolute Gasteiger partial charge is 0.269 e. The number of nitrogens with zero attached hydrogens (tertiary/aromatic N) is 2. The second kappa shape index (κ2) is 8.18. The maximum absolute atomic E-state index is 12.4. The molecule has 1 heterocycles. The van der Waals surface area contributed by atoms with Gasteiger partial charge in [0.2, 0.25) is 0 Å². The summed E-state index contributed by atoms with van der Waals surface area (Å²) < 4.78 is 1.97. The number of nitro groups is 1. The number of carbonyl (C=O) groups is 1. The highest BCUT2D eigenvalue weighted by atomic mass is 16.6. The first-order valence-electron chi connectivity index (χ1n) is 8.55. The van der Waals surface area contributed by atoms with Gasteiger partial charge in [-0.15, -0.1) is 0 Å². The number of benzene rings is 2. The molecule has 2 N–H and O–H groups in total. The van der Waals surface area contributed by atoms with E-state index in [0.717, 1.165) is 16.9 Å². The fourth-order valence-corrected chi connectivity index (χ4v) is 2.71. The number of amides is 1. The van der Waals surface area contributed by atoms with Crippen LogP contribution in [0.2, 0.25) is 0 Å². The summed E-state index contributed by atoms with van der Waals surface area (Å²) in [6.07, 6.45) is 3.89. The van der Waals surface area contributed by atoms with E-state index in [1.807, 2.05) is 48.1 Å². The molecule has 1 aromatic heterocycles. The van der Waals surface area contributed by atoms with Crippen LogP contribution in [0.5, 0.6) is 0 Å². The van der Waals surface area contributed by atoms with E-state index in [0.29, 0.717) is 18.7 Å². The first-order chi connectivity index (χ1) is 13.0. The summed E-state index contributed by atoms with van der Waals surface area (Å²) in [5.41, 5.74) is 3.46. The Morgan fingerprint density at radius 1 is 1.07 bits per heavy atom. The number of rotatable bonds is 7. The number of nitro benzene ring substituents is 1. The highest BCUT2D eigenvalue weighted by molar-refractivity contribution is 5.94. The van der Waals surface area contributed by atoms with Gasteiger partial charge in [0, 0.05) is 54.6 Å². The van der Waals surface area contributed by atoms with Gasteiger partial charge < -0.3 is 15.2 Å². The van der Waals surface area contributed by atoms with Crippen LogP contribution in [0.3, 0.4) is 0 Å². The maximum Gasteiger partial charge on any atom is 0.269 e. The third-order valence-corrected chi connectivity index (χ3v) is 4.17. The molecule has 3 aromatic rings. The number of non-ortho nitro benzene ring substituents is 1. The Morgan fingerprint density at radius 2 is 1.78 bits per heavy atom. The molecule has 1 amide bonds. The first kappa shape index (κ1) is 18.2. The van der Waals surface area contributed by atoms with Crippen LogP contribution in [0, 0.1) is 17.0 Å². The van der Waals surface area contributed by atoms with Crippen molar-refractivity contribution in [3.05, 3.63) is 88.2 Å². The van der Waals surface area contributed by atoms with Gasteiger partial charge in [-0.05, 0) is 48.9 Å². The zero-order valence-electron chi connectivity index (χ0n) is 14.9. The molecule has 138 valence electrons. The van der Waals surface area contributed by atoms with Crippen LogP contribution in [0.4, 0.5) is 11.4 Å². The summed E-state index contributed by atoms with van der Waals surface area (Å²) in [5.74, 6) is -0.145. The Labute approximate surface area is 156 Å². The minimum Gasteiger partial charge on any atom is -0.383 e. The van der Waals surface area contributed by atoms with E-state index in [4.69, 9.17) is 0 Å². The van der Waals surface area contributed by atoms with Crippen LogP contribution in [0.25, 0.3) is 5.69 Å². The molecule has 0 spiro atoms. The summed E-state index contributed by atoms with van der Waals surface area (Å²) >= 11 is 0. The molecule has 0 unspecified atom stereocenters. The number of aryl methyl sites for hydroxylation is 1. The second-order valence-corrected chi connectivity index (χ2v) is 6.08. The summed E-state index contributed by atoms with van der Waals surface area (Å²) in [6.45, 7) is 2.95. The Hall–Kier alpha value is -3.61. The van der Waals surface area contributed by atoms with Crippen molar-refractivity contribution in [2.45, 2.75) is 6.92 Å². The van der Waals surface area contributed by atoms with E-state index in [2.05, 4.69) is 10.6 Å². The minimum atomic E-state index is -0.437. The fourth-order valence-electron chi connectivity index (χ4n) is 2.71. The normalized spacial score (nSPS) is 10.4. The lowest BCUT2D eigenvalue weighted by atomic mass is 10.1. The Kier molecular flexibility index (Phi) is 5.51. The van der Waals surface area contributed by atoms with Gasteiger partial charge >= 0.3 is 0 Å². The lowest BCUT2D eigenvalue weighted by Crippen LogP contribution is -2.28. The number of carbonyl (C=O) groups excluding carboxylic acids is 1. The fraction of sp³-hybridized carbons (Fsp3) is 0.150. The second-order valence-electron chi connectivity index (χ2n) is 6.08. The standard InChI is InChI=1S/C20H20N4O3/c1-15-4-5-16(14-19(15)23-12-2-3-13-23)20(25)22-11-10-21-17-6-8-18(9-7-17)24(26)27/h2-9,12-14,21H,10-11H2,1H3,(H,22,25). The van der Waals surface area contributed by atoms with E-state index in [-0.39, 0.29) is 11.6 Å². The van der Waals surface area contributed by atoms with Crippen molar-refractivity contribution < 1.29 is 9.72 Å². The van der Waals surface area contributed by atoms with Gasteiger partial charge in [-0.2, -0.15) is 0 Å². The molecule has 0 aliphatic heterocycles. The predicted molar refractivity (Wildman–Crippen MR) is 104 cm³/mol. The molecule has 0 bridgehead atoms. The third-order valence-electron chi connectivity index (χ3n) is 4.17. The van der Waals surface area contributed by atoms with Crippen molar-refractivity contribution >= 4 is 17.3 Å². The lowest BCUT2D eigenvalue weighted by molar-refractivity contribution is -0.384. The molecule has 0 saturated heterocycles. The topological polar surface area (TPSA) is 89.2 Å². The molecular formula is C20H20N4O3. The van der Waals surface area contributed by atoms with Gasteiger partial charge in [-0.3, -0.25) is 14.9 Å². The largest absolute Gasteiger partial charge is 0.383 e. The highest BCUT2D eigenvalue weighted by Crippen LogP contribution is 2.17. The zero-order chi connectivity index (χ0) is 19.2. The number of hydrogen-bond donors (Lipinski definition) is 2. The van der Waals surface area contributed by atoms with Crippen molar-refractivity contribution in [1.82, 2.24) is 9.88 Å². The molecule has 7 heteroatoms. The maximum atomic E-state index is 12.4. The van der Waals surface area contributed by atoms with Crippen molar-refractivity contribution in [2.24, 2.45) is 0 Å². The molecule has 0 fully saturated rings. The number of hydrogen-bond acceptors (Lipinski definition) is 4. The molecule has 7 nitrogen and oxygen atoms in total. The molecule has 0 atom stereocenters. The first-order valence-corrected chi connectivity index (χ1v) is 8.55. The van der Waals surface area contributed by atoms with E-state index < -0.39 is 4.92 Å². The summed E-state index contributed by atoms with van der Waals surface area (Å²) in [6, 6.07) is 15.7. The monoisotopic (exact) mass is 364 g/mol. The molecule has 2 aromatic carbocycles. The van der Waals surface area contributed by atoms with Crippen LogP contribution in [-0.4, -0.2) is 28.5 Å². The number of aromatic nitrogens is 1. The van der Waals surface area contributed by atoms with Crippen molar-refractivity contribution in [1.29, 1.82) is 0 Å². The predicted octanol–water partition coefficient (Wildman–Crippen LogP) is 3.54. The Morgan fingerprint density at radius 3 is 2.44 bits per heavy atom. The summed E-state index contributed by atoms with van der Waals surface area (Å²) in [7, 11) is 0. The minimum absolute atomic E-state index is 0.0479. The van der Waals surface area contributed by atoms with Gasteiger partial charge in [-0.1, -0.05) is 6.07 Å². The molecule has 3 rings (SSSR count). The van der Waals surface area contributed by atoms with Gasteiger partial charge in [0.1, 0.15) is 0 Å². The van der Waals surface area contributed by atoms with E-state index in [1.165, 1.54) is 12.1 Å². The van der Waals surface area contributed by atoms with Gasteiger partial charge in [0.15, 0.2) is 0 Å². The zero-order valence-corrected chi connectivity index (χ0v) is 14.9. The van der Waals surface area contributed by atoms with E-state index >= 15 is 0 Å². The summed E-state index contributed by atoms with van der Waals surface area (Å²) in [4.78, 5) is 22.6. The van der Waals surface area contributed by atoms with Crippen molar-refractivity contribution in [2.75, 3.05) is 18.4 Å². The average molecular weight is 364 g/mol. The van der Waals surface area contributed by atoms with Gasteiger partial charge in [0.05, 0.1) is 4.92 Å². The SMILES string of the molecule is Cc1ccc(C(=O)NCCNc2ccc([N+](=O)[O-])cc2)cc1-n1cccc1. The molecule has 0 saturated carbocycles. The Balaban J connectivity index is 1.54. The number of anilines is 1. The quantitative estimate of drug-likeness (QED) is 0.381. The van der Waals surface area contributed by atoms with Crippen LogP contribution < -0.4 is 10.6 Å². The molecule has 0 radical (unpaired) electrons. The van der Waals surface area contributed by atoms with Crippen LogP contribution >= 0.6 is 0 Å². The average Bonchev–Trinajstić information content (AvgIpc) is 3.20. The van der Waals surface area contributed by atoms with Crippen molar-refractivity contribution in [3.63, 3.8) is 0 Å². The highest BCUT2D eigenvalue weighted by Gasteiger charge is 2.09. The lowest BCUT2D eigenvalue weighted by Gasteiger charge is -2.11.